The van der Waals surface area contributed by atoms with Crippen LogP contribution in [0, 0.1) is 0 Å². The topological polar surface area (TPSA) is 87.3 Å². The molecule has 3 N–H and O–H groups in total. The summed E-state index contributed by atoms with van der Waals surface area (Å²) in [4.78, 5) is 36.3. The molecule has 0 bridgehead atoms. The average Bonchev–Trinajstić information content (AvgIpc) is 3.27. The van der Waals surface area contributed by atoms with E-state index in [9.17, 15) is 14.4 Å². The highest BCUT2D eigenvalue weighted by atomic mass is 16.2. The zero-order chi connectivity index (χ0) is 20.2. The minimum absolute atomic E-state index is 0.0298. The molecule has 0 atom stereocenters. The lowest BCUT2D eigenvalue weighted by Crippen LogP contribution is -2.40. The fraction of sp³-hybridized carbons (Fsp3) is 0.522. The number of nitrogens with one attached hydrogen (secondary N) is 3. The second kappa shape index (κ2) is 8.80. The van der Waals surface area contributed by atoms with Crippen molar-refractivity contribution < 1.29 is 4.79 Å². The maximum atomic E-state index is 12.3. The summed E-state index contributed by atoms with van der Waals surface area (Å²) in [5.74, 6) is -0.0298. The molecule has 0 spiro atoms. The van der Waals surface area contributed by atoms with Crippen molar-refractivity contribution in [1.29, 1.82) is 0 Å². The van der Waals surface area contributed by atoms with E-state index in [0.717, 1.165) is 44.1 Å². The lowest BCUT2D eigenvalue weighted by molar-refractivity contribution is 0.0938. The Morgan fingerprint density at radius 3 is 2.07 bits per heavy atom. The summed E-state index contributed by atoms with van der Waals surface area (Å²) in [7, 11) is 0. The predicted octanol–water partition coefficient (Wildman–Crippen LogP) is 3.31. The van der Waals surface area contributed by atoms with Gasteiger partial charge in [-0.25, -0.2) is 0 Å². The van der Waals surface area contributed by atoms with Gasteiger partial charge in [-0.1, -0.05) is 44.2 Å². The van der Waals surface area contributed by atoms with E-state index in [-0.39, 0.29) is 11.9 Å². The van der Waals surface area contributed by atoms with Crippen molar-refractivity contribution >= 4 is 17.3 Å². The van der Waals surface area contributed by atoms with Crippen LogP contribution in [0.5, 0.6) is 0 Å². The molecule has 2 fully saturated rings. The van der Waals surface area contributed by atoms with Crippen LogP contribution in [0.4, 0.5) is 11.4 Å². The van der Waals surface area contributed by atoms with Gasteiger partial charge in [0.05, 0.1) is 0 Å². The molecular formula is C23H29N3O3. The fourth-order valence-electron chi connectivity index (χ4n) is 4.45. The molecule has 29 heavy (non-hydrogen) atoms. The smallest absolute Gasteiger partial charge is 0.253 e. The van der Waals surface area contributed by atoms with E-state index in [1.54, 1.807) is 0 Å². The third kappa shape index (κ3) is 4.52. The van der Waals surface area contributed by atoms with Gasteiger partial charge in [0.15, 0.2) is 0 Å². The Balaban J connectivity index is 1.33. The number of rotatable bonds is 7. The van der Waals surface area contributed by atoms with Gasteiger partial charge < -0.3 is 16.0 Å². The van der Waals surface area contributed by atoms with Gasteiger partial charge in [0.25, 0.3) is 16.8 Å². The Hall–Kier alpha value is -2.63. The van der Waals surface area contributed by atoms with Crippen LogP contribution in [0.2, 0.25) is 0 Å². The normalized spacial score (nSPS) is 18.1. The molecule has 0 radical (unpaired) electrons. The maximum absolute atomic E-state index is 12.3. The largest absolute Gasteiger partial charge is 0.377 e. The summed E-state index contributed by atoms with van der Waals surface area (Å²) in [6, 6.07) is 7.97. The molecule has 2 aromatic rings. The molecule has 0 aliphatic heterocycles. The fourth-order valence-corrected chi connectivity index (χ4v) is 4.45. The van der Waals surface area contributed by atoms with Gasteiger partial charge in [-0.15, -0.1) is 0 Å². The molecule has 2 aliphatic carbocycles. The van der Waals surface area contributed by atoms with E-state index in [4.69, 9.17) is 0 Å². The van der Waals surface area contributed by atoms with Crippen molar-refractivity contribution in [3.8, 4) is 0 Å². The third-order valence-electron chi connectivity index (χ3n) is 6.24. The Labute approximate surface area is 170 Å². The standard InChI is InChI=1S/C23H29N3O3/c27-21-19(20(22(21)28)25-17-6-2-1-3-7-17)24-14-15-10-12-16(13-11-15)23(29)26-18-8-4-5-9-18/h10-13,17-18,24-25H,1-9,14H2,(H,26,29). The third-order valence-corrected chi connectivity index (χ3v) is 6.24. The lowest BCUT2D eigenvalue weighted by atomic mass is 9.95. The number of carbonyl (C=O) groups is 1. The van der Waals surface area contributed by atoms with Crippen LogP contribution < -0.4 is 26.8 Å². The molecule has 0 saturated heterocycles. The quantitative estimate of drug-likeness (QED) is 0.626. The van der Waals surface area contributed by atoms with Crippen molar-refractivity contribution in [3.63, 3.8) is 0 Å². The minimum atomic E-state index is -0.448. The SMILES string of the molecule is O=C(NC1CCCC1)c1ccc(CNc2c(NC3CCCCC3)c(=O)c2=O)cc1. The number of carbonyl (C=O) groups excluding carboxylic acids is 1. The zero-order valence-electron chi connectivity index (χ0n) is 16.8. The molecule has 154 valence electrons. The summed E-state index contributed by atoms with van der Waals surface area (Å²) in [5.41, 5.74) is 1.57. The molecule has 2 saturated carbocycles. The van der Waals surface area contributed by atoms with Crippen molar-refractivity contribution in [2.24, 2.45) is 0 Å². The van der Waals surface area contributed by atoms with Crippen LogP contribution in [0.25, 0.3) is 0 Å². The highest BCUT2D eigenvalue weighted by Gasteiger charge is 2.24. The van der Waals surface area contributed by atoms with Crippen molar-refractivity contribution in [2.75, 3.05) is 10.6 Å². The number of benzene rings is 1. The van der Waals surface area contributed by atoms with E-state index in [2.05, 4.69) is 16.0 Å². The Bertz CT molecular complexity index is 916. The lowest BCUT2D eigenvalue weighted by Gasteiger charge is -2.25. The zero-order valence-corrected chi connectivity index (χ0v) is 16.8. The predicted molar refractivity (Wildman–Crippen MR) is 115 cm³/mol. The summed E-state index contributed by atoms with van der Waals surface area (Å²) in [6.45, 7) is 0.439. The second-order valence-electron chi connectivity index (χ2n) is 8.39. The first-order valence-electron chi connectivity index (χ1n) is 10.9. The van der Waals surface area contributed by atoms with Crippen LogP contribution in [0.15, 0.2) is 33.9 Å². The highest BCUT2D eigenvalue weighted by molar-refractivity contribution is 5.94. The summed E-state index contributed by atoms with van der Waals surface area (Å²) >= 11 is 0. The summed E-state index contributed by atoms with van der Waals surface area (Å²) in [5, 5.41) is 9.47. The molecule has 0 unspecified atom stereocenters. The van der Waals surface area contributed by atoms with Crippen molar-refractivity contribution in [1.82, 2.24) is 5.32 Å². The molecule has 1 amide bonds. The van der Waals surface area contributed by atoms with Gasteiger partial charge in [0.1, 0.15) is 11.4 Å². The van der Waals surface area contributed by atoms with Gasteiger partial charge in [-0.2, -0.15) is 0 Å². The summed E-state index contributed by atoms with van der Waals surface area (Å²) in [6.07, 6.45) is 10.1. The van der Waals surface area contributed by atoms with E-state index >= 15 is 0 Å². The summed E-state index contributed by atoms with van der Waals surface area (Å²) < 4.78 is 0. The average molecular weight is 396 g/mol. The number of hydrogen-bond donors (Lipinski definition) is 3. The Morgan fingerprint density at radius 2 is 1.38 bits per heavy atom. The number of amides is 1. The monoisotopic (exact) mass is 395 g/mol. The second-order valence-corrected chi connectivity index (χ2v) is 8.39. The van der Waals surface area contributed by atoms with E-state index < -0.39 is 10.9 Å². The van der Waals surface area contributed by atoms with Crippen LogP contribution in [0.3, 0.4) is 0 Å². The van der Waals surface area contributed by atoms with Crippen LogP contribution in [-0.2, 0) is 6.54 Å². The minimum Gasteiger partial charge on any atom is -0.377 e. The van der Waals surface area contributed by atoms with E-state index in [1.807, 2.05) is 24.3 Å². The number of hydrogen-bond acceptors (Lipinski definition) is 5. The molecular weight excluding hydrogens is 366 g/mol. The molecule has 4 rings (SSSR count). The first kappa shape index (κ1) is 19.7. The first-order valence-corrected chi connectivity index (χ1v) is 10.9. The first-order chi connectivity index (χ1) is 14.1. The van der Waals surface area contributed by atoms with Crippen LogP contribution in [0.1, 0.15) is 73.7 Å². The van der Waals surface area contributed by atoms with Crippen LogP contribution >= 0.6 is 0 Å². The molecule has 2 aromatic carbocycles. The molecule has 0 heterocycles. The van der Waals surface area contributed by atoms with Gasteiger partial charge in [0.2, 0.25) is 0 Å². The van der Waals surface area contributed by atoms with Crippen LogP contribution in [-0.4, -0.2) is 18.0 Å². The van der Waals surface area contributed by atoms with Crippen molar-refractivity contribution in [2.45, 2.75) is 76.4 Å². The molecule has 6 nitrogen and oxygen atoms in total. The van der Waals surface area contributed by atoms with E-state index in [0.29, 0.717) is 29.5 Å². The maximum Gasteiger partial charge on any atom is 0.253 e. The van der Waals surface area contributed by atoms with Crippen molar-refractivity contribution in [3.05, 3.63) is 55.8 Å². The van der Waals surface area contributed by atoms with Gasteiger partial charge in [-0.3, -0.25) is 14.4 Å². The Kier molecular flexibility index (Phi) is 5.97. The molecule has 6 heteroatoms. The molecule has 0 aromatic heterocycles. The molecule has 2 aliphatic rings. The number of anilines is 2. The van der Waals surface area contributed by atoms with Gasteiger partial charge in [-0.05, 0) is 43.4 Å². The highest BCUT2D eigenvalue weighted by Crippen LogP contribution is 2.24. The van der Waals surface area contributed by atoms with Gasteiger partial charge >= 0.3 is 0 Å². The Morgan fingerprint density at radius 1 is 0.793 bits per heavy atom. The van der Waals surface area contributed by atoms with Gasteiger partial charge in [0, 0.05) is 24.2 Å². The van der Waals surface area contributed by atoms with E-state index in [1.165, 1.54) is 19.3 Å².